The summed E-state index contributed by atoms with van der Waals surface area (Å²) in [6.45, 7) is 3.08. The third kappa shape index (κ3) is 2.45. The van der Waals surface area contributed by atoms with Crippen molar-refractivity contribution >= 4 is 32.9 Å². The largest absolute Gasteiger partial charge is 0.369 e. The fourth-order valence-corrected chi connectivity index (χ4v) is 2.51. The van der Waals surface area contributed by atoms with Crippen molar-refractivity contribution in [3.8, 4) is 0 Å². The predicted octanol–water partition coefficient (Wildman–Crippen LogP) is 2.50. The third-order valence-electron chi connectivity index (χ3n) is 2.75. The molecule has 1 atom stereocenters. The van der Waals surface area contributed by atoms with Crippen molar-refractivity contribution in [3.05, 3.63) is 22.7 Å². The van der Waals surface area contributed by atoms with Crippen LogP contribution in [0.3, 0.4) is 0 Å². The molecule has 0 saturated heterocycles. The molecule has 0 saturated carbocycles. The third-order valence-corrected chi connectivity index (χ3v) is 3.24. The molecule has 1 aromatic heterocycles. The lowest BCUT2D eigenvalue weighted by molar-refractivity contribution is 0.342. The second kappa shape index (κ2) is 4.66. The number of rotatable bonds is 3. The molecule has 2 rings (SSSR count). The summed E-state index contributed by atoms with van der Waals surface area (Å²) in [5, 5.41) is 0. The zero-order valence-electron chi connectivity index (χ0n) is 10.3. The molecule has 4 nitrogen and oxygen atoms in total. The van der Waals surface area contributed by atoms with Gasteiger partial charge in [-0.1, -0.05) is 15.9 Å². The van der Waals surface area contributed by atoms with Crippen LogP contribution in [0.2, 0.25) is 0 Å². The van der Waals surface area contributed by atoms with Gasteiger partial charge in [0.2, 0.25) is 5.95 Å². The summed E-state index contributed by atoms with van der Waals surface area (Å²) in [5.74, 6) is 0.576. The van der Waals surface area contributed by atoms with Crippen LogP contribution >= 0.6 is 15.9 Å². The highest BCUT2D eigenvalue weighted by atomic mass is 79.9. The van der Waals surface area contributed by atoms with E-state index in [0.29, 0.717) is 12.0 Å². The highest BCUT2D eigenvalue weighted by Crippen LogP contribution is 2.25. The van der Waals surface area contributed by atoms with Crippen molar-refractivity contribution in [3.63, 3.8) is 0 Å². The number of benzene rings is 1. The van der Waals surface area contributed by atoms with E-state index in [2.05, 4.69) is 57.5 Å². The smallest absolute Gasteiger partial charge is 0.201 e. The van der Waals surface area contributed by atoms with Crippen molar-refractivity contribution in [2.45, 2.75) is 13.0 Å². The highest BCUT2D eigenvalue weighted by Gasteiger charge is 2.14. The maximum atomic E-state index is 6.00. The Morgan fingerprint density at radius 1 is 1.47 bits per heavy atom. The van der Waals surface area contributed by atoms with Gasteiger partial charge in [0.15, 0.2) is 0 Å². The Kier molecular flexibility index (Phi) is 3.40. The van der Waals surface area contributed by atoms with Gasteiger partial charge in [0, 0.05) is 17.1 Å². The number of likely N-dealkylation sites (N-methyl/N-ethyl adjacent to an activating group) is 1. The molecule has 1 heterocycles. The standard InChI is InChI=1S/C12H17BrN4/c1-8(7-16(2)3)17-11-6-9(13)4-5-10(11)15-12(17)14/h4-6,8H,7H2,1-3H3,(H2,14,15). The van der Waals surface area contributed by atoms with Gasteiger partial charge in [-0.2, -0.15) is 0 Å². The molecule has 0 aliphatic carbocycles. The number of aromatic nitrogens is 2. The first kappa shape index (κ1) is 12.4. The number of nitrogens with zero attached hydrogens (tertiary/aromatic N) is 3. The second-order valence-corrected chi connectivity index (χ2v) is 5.50. The minimum absolute atomic E-state index is 0.296. The molecule has 2 aromatic rings. The molecular weight excluding hydrogens is 280 g/mol. The van der Waals surface area contributed by atoms with Crippen molar-refractivity contribution in [2.24, 2.45) is 0 Å². The summed E-state index contributed by atoms with van der Waals surface area (Å²) in [6.07, 6.45) is 0. The number of halogens is 1. The zero-order chi connectivity index (χ0) is 12.6. The van der Waals surface area contributed by atoms with Crippen LogP contribution in [-0.2, 0) is 0 Å². The Morgan fingerprint density at radius 3 is 2.82 bits per heavy atom. The lowest BCUT2D eigenvalue weighted by Gasteiger charge is -2.20. The zero-order valence-corrected chi connectivity index (χ0v) is 11.9. The number of hydrogen-bond acceptors (Lipinski definition) is 3. The average molecular weight is 297 g/mol. The molecule has 0 bridgehead atoms. The van der Waals surface area contributed by atoms with E-state index in [1.807, 2.05) is 12.1 Å². The second-order valence-electron chi connectivity index (χ2n) is 4.58. The molecule has 0 fully saturated rings. The lowest BCUT2D eigenvalue weighted by Crippen LogP contribution is -2.23. The van der Waals surface area contributed by atoms with Crippen LogP contribution in [0, 0.1) is 0 Å². The van der Waals surface area contributed by atoms with E-state index in [9.17, 15) is 0 Å². The Morgan fingerprint density at radius 2 is 2.18 bits per heavy atom. The topological polar surface area (TPSA) is 47.1 Å². The summed E-state index contributed by atoms with van der Waals surface area (Å²) >= 11 is 3.48. The molecule has 0 spiro atoms. The average Bonchev–Trinajstić information content (AvgIpc) is 2.52. The number of anilines is 1. The van der Waals surface area contributed by atoms with Crippen LogP contribution in [-0.4, -0.2) is 35.1 Å². The quantitative estimate of drug-likeness (QED) is 0.947. The summed E-state index contributed by atoms with van der Waals surface area (Å²) < 4.78 is 3.13. The maximum absolute atomic E-state index is 6.00. The van der Waals surface area contributed by atoms with E-state index in [0.717, 1.165) is 22.1 Å². The van der Waals surface area contributed by atoms with E-state index < -0.39 is 0 Å². The first-order valence-electron chi connectivity index (χ1n) is 5.56. The molecule has 0 aliphatic rings. The van der Waals surface area contributed by atoms with Crippen LogP contribution in [0.25, 0.3) is 11.0 Å². The Bertz CT molecular complexity index is 533. The van der Waals surface area contributed by atoms with Crippen LogP contribution in [0.15, 0.2) is 22.7 Å². The van der Waals surface area contributed by atoms with Crippen LogP contribution in [0.5, 0.6) is 0 Å². The SMILES string of the molecule is CC(CN(C)C)n1c(N)nc2ccc(Br)cc21. The first-order chi connectivity index (χ1) is 7.99. The summed E-state index contributed by atoms with van der Waals surface area (Å²) in [4.78, 5) is 6.53. The first-order valence-corrected chi connectivity index (χ1v) is 6.36. The van der Waals surface area contributed by atoms with Crippen LogP contribution < -0.4 is 5.73 Å². The molecule has 1 unspecified atom stereocenters. The van der Waals surface area contributed by atoms with Crippen LogP contribution in [0.4, 0.5) is 5.95 Å². The molecule has 1 aromatic carbocycles. The van der Waals surface area contributed by atoms with Gasteiger partial charge in [0.05, 0.1) is 11.0 Å². The molecule has 0 amide bonds. The van der Waals surface area contributed by atoms with Gasteiger partial charge in [-0.25, -0.2) is 4.98 Å². The molecular formula is C12H17BrN4. The van der Waals surface area contributed by atoms with Gasteiger partial charge < -0.3 is 15.2 Å². The van der Waals surface area contributed by atoms with Gasteiger partial charge >= 0.3 is 0 Å². The molecule has 5 heteroatoms. The van der Waals surface area contributed by atoms with E-state index in [1.54, 1.807) is 0 Å². The minimum atomic E-state index is 0.296. The summed E-state index contributed by atoms with van der Waals surface area (Å²) in [6, 6.07) is 6.32. The summed E-state index contributed by atoms with van der Waals surface area (Å²) in [7, 11) is 4.11. The monoisotopic (exact) mass is 296 g/mol. The Balaban J connectivity index is 2.51. The highest BCUT2D eigenvalue weighted by molar-refractivity contribution is 9.10. The van der Waals surface area contributed by atoms with Crippen LogP contribution in [0.1, 0.15) is 13.0 Å². The fourth-order valence-electron chi connectivity index (χ4n) is 2.16. The van der Waals surface area contributed by atoms with Crippen molar-refractivity contribution in [2.75, 3.05) is 26.4 Å². The fraction of sp³-hybridized carbons (Fsp3) is 0.417. The number of imidazole rings is 1. The van der Waals surface area contributed by atoms with Gasteiger partial charge in [-0.15, -0.1) is 0 Å². The van der Waals surface area contributed by atoms with Gasteiger partial charge in [0.25, 0.3) is 0 Å². The predicted molar refractivity (Wildman–Crippen MR) is 75.1 cm³/mol. The van der Waals surface area contributed by atoms with E-state index in [1.165, 1.54) is 0 Å². The van der Waals surface area contributed by atoms with E-state index in [4.69, 9.17) is 5.73 Å². The van der Waals surface area contributed by atoms with Crippen molar-refractivity contribution < 1.29 is 0 Å². The number of hydrogen-bond donors (Lipinski definition) is 1. The van der Waals surface area contributed by atoms with Crippen molar-refractivity contribution in [1.29, 1.82) is 0 Å². The van der Waals surface area contributed by atoms with Gasteiger partial charge in [-0.05, 0) is 39.2 Å². The molecule has 0 aliphatic heterocycles. The van der Waals surface area contributed by atoms with Gasteiger partial charge in [-0.3, -0.25) is 0 Å². The minimum Gasteiger partial charge on any atom is -0.369 e. The summed E-state index contributed by atoms with van der Waals surface area (Å²) in [5.41, 5.74) is 8.01. The van der Waals surface area contributed by atoms with Gasteiger partial charge in [0.1, 0.15) is 0 Å². The Labute approximate surface area is 110 Å². The van der Waals surface area contributed by atoms with E-state index >= 15 is 0 Å². The number of fused-ring (bicyclic) bond motifs is 1. The molecule has 0 radical (unpaired) electrons. The van der Waals surface area contributed by atoms with Crippen molar-refractivity contribution in [1.82, 2.24) is 14.5 Å². The Hall–Kier alpha value is -1.07. The molecule has 2 N–H and O–H groups in total. The lowest BCUT2D eigenvalue weighted by atomic mass is 10.2. The number of nitrogen functional groups attached to an aromatic ring is 1. The number of nitrogens with two attached hydrogens (primary N) is 1. The normalized spacial score (nSPS) is 13.5. The molecule has 17 heavy (non-hydrogen) atoms. The maximum Gasteiger partial charge on any atom is 0.201 e. The molecule has 92 valence electrons. The van der Waals surface area contributed by atoms with E-state index in [-0.39, 0.29) is 0 Å².